The quantitative estimate of drug-likeness (QED) is 0.260. The van der Waals surface area contributed by atoms with E-state index in [9.17, 15) is 15.3 Å². The van der Waals surface area contributed by atoms with Crippen LogP contribution in [0.3, 0.4) is 0 Å². The van der Waals surface area contributed by atoms with E-state index in [0.29, 0.717) is 11.3 Å². The van der Waals surface area contributed by atoms with E-state index in [2.05, 4.69) is 25.5 Å². The van der Waals surface area contributed by atoms with E-state index < -0.39 is 31.1 Å². The molecule has 1 aliphatic heterocycles. The number of aromatic nitrogens is 4. The number of aliphatic hydroxyl groups excluding tert-OH is 3. The van der Waals surface area contributed by atoms with Crippen LogP contribution in [-0.4, -0.2) is 73.1 Å². The number of fused-ring (bicyclic) bond motifs is 1. The third kappa shape index (κ3) is 3.52. The lowest BCUT2D eigenvalue weighted by atomic mass is 10.1. The number of para-hydroxylation sites is 1. The molecule has 158 valence electrons. The number of aliphatic hydroxyl groups is 3. The van der Waals surface area contributed by atoms with Gasteiger partial charge < -0.3 is 30.5 Å². The number of ether oxygens (including phenoxy) is 2. The van der Waals surface area contributed by atoms with E-state index in [0.717, 1.165) is 5.56 Å². The maximum absolute atomic E-state index is 10.3. The molecule has 1 fully saturated rings. The monoisotopic (exact) mass is 415 g/mol. The van der Waals surface area contributed by atoms with E-state index in [1.165, 1.54) is 10.9 Å². The Hall–Kier alpha value is -3.32. The minimum Gasteiger partial charge on any atom is -0.496 e. The van der Waals surface area contributed by atoms with Gasteiger partial charge in [-0.2, -0.15) is 15.1 Å². The number of methoxy groups -OCH3 is 1. The van der Waals surface area contributed by atoms with E-state index >= 15 is 0 Å². The Morgan fingerprint density at radius 3 is 2.83 bits per heavy atom. The molecular weight excluding hydrogens is 394 g/mol. The number of nitrogens with zero attached hydrogens (tertiary/aromatic N) is 5. The lowest BCUT2D eigenvalue weighted by molar-refractivity contribution is -0.0511. The standard InChI is InChI=1S/C18H21N7O5/c1-29-10-5-3-2-4-9(10)6-21-24-18-22-15(19)12-16(23-18)25(8-20-12)17-14(28)13(27)11(7-26)30-17/h2-6,8,11,13-14,17,26-28H,7H2,1H3,(H3,19,22,23,24)/b21-6+. The molecule has 1 aliphatic rings. The van der Waals surface area contributed by atoms with Crippen molar-refractivity contribution in [2.45, 2.75) is 24.5 Å². The molecule has 3 heterocycles. The first-order valence-corrected chi connectivity index (χ1v) is 9.08. The predicted molar refractivity (Wildman–Crippen MR) is 107 cm³/mol. The largest absolute Gasteiger partial charge is 0.496 e. The number of hydrogen-bond acceptors (Lipinski definition) is 11. The highest BCUT2D eigenvalue weighted by atomic mass is 16.6. The van der Waals surface area contributed by atoms with Crippen LogP contribution in [0.25, 0.3) is 11.2 Å². The minimum absolute atomic E-state index is 0.0969. The number of imidazole rings is 1. The van der Waals surface area contributed by atoms with E-state index in [1.54, 1.807) is 19.4 Å². The number of nitrogen functional groups attached to an aromatic ring is 1. The molecule has 0 amide bonds. The lowest BCUT2D eigenvalue weighted by Crippen LogP contribution is -2.33. The Kier molecular flexibility index (Phi) is 5.46. The van der Waals surface area contributed by atoms with Crippen molar-refractivity contribution in [2.75, 3.05) is 24.9 Å². The van der Waals surface area contributed by atoms with Crippen molar-refractivity contribution in [3.8, 4) is 5.75 Å². The van der Waals surface area contributed by atoms with Crippen LogP contribution in [0.2, 0.25) is 0 Å². The van der Waals surface area contributed by atoms with E-state index in [-0.39, 0.29) is 17.4 Å². The average Bonchev–Trinajstić information content (AvgIpc) is 3.30. The molecule has 12 nitrogen and oxygen atoms in total. The van der Waals surface area contributed by atoms with Crippen LogP contribution in [0.1, 0.15) is 11.8 Å². The van der Waals surface area contributed by atoms with Gasteiger partial charge in [0.15, 0.2) is 17.7 Å². The Balaban J connectivity index is 1.62. The molecule has 3 aromatic rings. The fraction of sp³-hybridized carbons (Fsp3) is 0.333. The van der Waals surface area contributed by atoms with Crippen molar-refractivity contribution in [3.63, 3.8) is 0 Å². The molecule has 1 saturated heterocycles. The normalized spacial score (nSPS) is 24.0. The highest BCUT2D eigenvalue weighted by Gasteiger charge is 2.44. The topological polar surface area (TPSA) is 173 Å². The number of nitrogens with one attached hydrogen (secondary N) is 1. The maximum atomic E-state index is 10.3. The third-order valence-electron chi connectivity index (χ3n) is 4.75. The van der Waals surface area contributed by atoms with Gasteiger partial charge in [0.1, 0.15) is 29.6 Å². The van der Waals surface area contributed by atoms with Gasteiger partial charge in [-0.15, -0.1) is 0 Å². The molecule has 0 radical (unpaired) electrons. The summed E-state index contributed by atoms with van der Waals surface area (Å²) in [6.07, 6.45) is -1.54. The summed E-state index contributed by atoms with van der Waals surface area (Å²) >= 11 is 0. The van der Waals surface area contributed by atoms with Gasteiger partial charge in [-0.25, -0.2) is 10.4 Å². The summed E-state index contributed by atoms with van der Waals surface area (Å²) in [6, 6.07) is 7.34. The number of nitrogens with two attached hydrogens (primary N) is 1. The highest BCUT2D eigenvalue weighted by Crippen LogP contribution is 2.32. The van der Waals surface area contributed by atoms with Gasteiger partial charge in [0.2, 0.25) is 5.95 Å². The predicted octanol–water partition coefficient (Wildman–Crippen LogP) is -0.525. The van der Waals surface area contributed by atoms with Crippen molar-refractivity contribution in [2.24, 2.45) is 5.10 Å². The number of hydrazone groups is 1. The Labute approximate surface area is 170 Å². The average molecular weight is 415 g/mol. The van der Waals surface area contributed by atoms with Gasteiger partial charge in [0.25, 0.3) is 0 Å². The fourth-order valence-electron chi connectivity index (χ4n) is 3.22. The van der Waals surface area contributed by atoms with Gasteiger partial charge >= 0.3 is 0 Å². The van der Waals surface area contributed by atoms with Gasteiger partial charge in [-0.05, 0) is 12.1 Å². The summed E-state index contributed by atoms with van der Waals surface area (Å²) < 4.78 is 12.2. The second-order valence-corrected chi connectivity index (χ2v) is 6.60. The van der Waals surface area contributed by atoms with Crippen molar-refractivity contribution in [1.29, 1.82) is 0 Å². The number of benzene rings is 1. The molecule has 30 heavy (non-hydrogen) atoms. The molecule has 4 unspecified atom stereocenters. The number of rotatable bonds is 6. The van der Waals surface area contributed by atoms with Gasteiger partial charge in [-0.3, -0.25) is 4.57 Å². The molecular formula is C18H21N7O5. The van der Waals surface area contributed by atoms with Crippen LogP contribution < -0.4 is 15.9 Å². The summed E-state index contributed by atoms with van der Waals surface area (Å²) in [7, 11) is 1.57. The summed E-state index contributed by atoms with van der Waals surface area (Å²) in [4.78, 5) is 12.6. The zero-order chi connectivity index (χ0) is 21.3. The summed E-state index contributed by atoms with van der Waals surface area (Å²) in [5, 5.41) is 33.7. The van der Waals surface area contributed by atoms with Crippen molar-refractivity contribution < 1.29 is 24.8 Å². The highest BCUT2D eigenvalue weighted by molar-refractivity contribution is 5.85. The van der Waals surface area contributed by atoms with Crippen LogP contribution in [0.15, 0.2) is 35.7 Å². The Morgan fingerprint density at radius 1 is 1.30 bits per heavy atom. The summed E-state index contributed by atoms with van der Waals surface area (Å²) in [6.45, 7) is -0.442. The zero-order valence-corrected chi connectivity index (χ0v) is 16.0. The van der Waals surface area contributed by atoms with Crippen LogP contribution >= 0.6 is 0 Å². The van der Waals surface area contributed by atoms with Crippen LogP contribution in [-0.2, 0) is 4.74 Å². The smallest absolute Gasteiger partial charge is 0.247 e. The molecule has 0 aliphatic carbocycles. The summed E-state index contributed by atoms with van der Waals surface area (Å²) in [5.74, 6) is 0.849. The van der Waals surface area contributed by atoms with Crippen molar-refractivity contribution in [3.05, 3.63) is 36.2 Å². The first kappa shape index (κ1) is 20.0. The molecule has 0 bridgehead atoms. The molecule has 2 aromatic heterocycles. The maximum Gasteiger partial charge on any atom is 0.247 e. The molecule has 1 aromatic carbocycles. The Bertz CT molecular complexity index is 1070. The second-order valence-electron chi connectivity index (χ2n) is 6.60. The van der Waals surface area contributed by atoms with Gasteiger partial charge in [0.05, 0.1) is 26.3 Å². The van der Waals surface area contributed by atoms with Gasteiger partial charge in [-0.1, -0.05) is 12.1 Å². The number of hydrogen-bond donors (Lipinski definition) is 5. The third-order valence-corrected chi connectivity index (χ3v) is 4.75. The zero-order valence-electron chi connectivity index (χ0n) is 16.0. The lowest BCUT2D eigenvalue weighted by Gasteiger charge is -2.16. The van der Waals surface area contributed by atoms with Crippen LogP contribution in [0, 0.1) is 0 Å². The van der Waals surface area contributed by atoms with Crippen molar-refractivity contribution in [1.82, 2.24) is 19.5 Å². The molecule has 12 heteroatoms. The van der Waals surface area contributed by atoms with Crippen LogP contribution in [0.4, 0.5) is 11.8 Å². The number of anilines is 2. The molecule has 0 spiro atoms. The molecule has 4 atom stereocenters. The first-order chi connectivity index (χ1) is 14.5. The van der Waals surface area contributed by atoms with E-state index in [4.69, 9.17) is 15.2 Å². The first-order valence-electron chi connectivity index (χ1n) is 9.08. The molecule has 6 N–H and O–H groups in total. The minimum atomic E-state index is -1.28. The SMILES string of the molecule is COc1ccccc1/C=N/Nc1nc(N)c2ncn(C3OC(CO)C(O)C3O)c2n1. The second kappa shape index (κ2) is 8.20. The van der Waals surface area contributed by atoms with Crippen molar-refractivity contribution >= 4 is 29.1 Å². The summed E-state index contributed by atoms with van der Waals surface area (Å²) in [5.41, 5.74) is 10.0. The molecule has 4 rings (SSSR count). The molecule has 0 saturated carbocycles. The Morgan fingerprint density at radius 2 is 2.10 bits per heavy atom. The van der Waals surface area contributed by atoms with Crippen LogP contribution in [0.5, 0.6) is 5.75 Å². The van der Waals surface area contributed by atoms with E-state index in [1.807, 2.05) is 18.2 Å². The fourth-order valence-corrected chi connectivity index (χ4v) is 3.22. The van der Waals surface area contributed by atoms with Gasteiger partial charge in [0, 0.05) is 5.56 Å².